The van der Waals surface area contributed by atoms with Crippen molar-refractivity contribution in [3.63, 3.8) is 0 Å². The molecule has 6 nitrogen and oxygen atoms in total. The van der Waals surface area contributed by atoms with Crippen LogP contribution in [0.1, 0.15) is 26.7 Å². The maximum atomic E-state index is 11.0. The van der Waals surface area contributed by atoms with Gasteiger partial charge in [0.25, 0.3) is 0 Å². The summed E-state index contributed by atoms with van der Waals surface area (Å²) < 4.78 is 6.10. The third-order valence-electron chi connectivity index (χ3n) is 2.99. The highest BCUT2D eigenvalue weighted by Crippen LogP contribution is 2.30. The summed E-state index contributed by atoms with van der Waals surface area (Å²) in [7, 11) is 0. The summed E-state index contributed by atoms with van der Waals surface area (Å²) in [4.78, 5) is 10.5. The summed E-state index contributed by atoms with van der Waals surface area (Å²) in [6, 6.07) is 6.84. The second kappa shape index (κ2) is 7.96. The van der Waals surface area contributed by atoms with Crippen LogP contribution in [-0.4, -0.2) is 23.6 Å². The highest BCUT2D eigenvalue weighted by Gasteiger charge is 2.23. The van der Waals surface area contributed by atoms with Gasteiger partial charge >= 0.3 is 5.69 Å². The monoisotopic (exact) mass is 355 g/mol. The molecule has 1 rings (SSSR count). The molecule has 0 spiro atoms. The average molecular weight is 356 g/mol. The van der Waals surface area contributed by atoms with Gasteiger partial charge in [-0.2, -0.15) is 5.26 Å². The molecule has 0 aliphatic carbocycles. The molecule has 1 atom stereocenters. The smallest absolute Gasteiger partial charge is 0.312 e. The molecule has 0 saturated carbocycles. The molecule has 114 valence electrons. The van der Waals surface area contributed by atoms with Gasteiger partial charge in [-0.05, 0) is 32.0 Å². The van der Waals surface area contributed by atoms with Crippen LogP contribution in [0, 0.1) is 21.4 Å². The van der Waals surface area contributed by atoms with E-state index in [2.05, 4.69) is 27.3 Å². The molecule has 0 fully saturated rings. The van der Waals surface area contributed by atoms with Crippen LogP contribution >= 0.6 is 15.9 Å². The third kappa shape index (κ3) is 5.33. The SMILES string of the molecule is CCCNC(C)(C#N)CCOc1ccc(Br)cc1[N+](=O)[O-]. The molecule has 0 aliphatic rings. The first-order valence-corrected chi connectivity index (χ1v) is 7.44. The van der Waals surface area contributed by atoms with E-state index < -0.39 is 10.5 Å². The van der Waals surface area contributed by atoms with Gasteiger partial charge in [0.15, 0.2) is 5.75 Å². The molecule has 21 heavy (non-hydrogen) atoms. The Labute approximate surface area is 132 Å². The van der Waals surface area contributed by atoms with Crippen molar-refractivity contribution >= 4 is 21.6 Å². The molecule has 0 bridgehead atoms. The lowest BCUT2D eigenvalue weighted by Crippen LogP contribution is -2.42. The zero-order valence-corrected chi connectivity index (χ0v) is 13.6. The average Bonchev–Trinajstić information content (AvgIpc) is 2.46. The number of ether oxygens (including phenoxy) is 1. The predicted molar refractivity (Wildman–Crippen MR) is 83.2 cm³/mol. The standard InChI is InChI=1S/C14H18BrN3O3/c1-3-7-17-14(2,10-16)6-8-21-13-5-4-11(15)9-12(13)18(19)20/h4-5,9,17H,3,6-8H2,1-2H3. The molecule has 1 aromatic rings. The Morgan fingerprint density at radius 3 is 2.86 bits per heavy atom. The Morgan fingerprint density at radius 2 is 2.29 bits per heavy atom. The Bertz CT molecular complexity index is 545. The number of halogens is 1. The van der Waals surface area contributed by atoms with Crippen LogP contribution < -0.4 is 10.1 Å². The maximum absolute atomic E-state index is 11.0. The predicted octanol–water partition coefficient (Wildman–Crippen LogP) is 3.41. The molecule has 0 saturated heterocycles. The number of nitrogens with zero attached hydrogens (tertiary/aromatic N) is 2. The zero-order valence-electron chi connectivity index (χ0n) is 12.1. The minimum absolute atomic E-state index is 0.0930. The number of hydrogen-bond donors (Lipinski definition) is 1. The number of hydrogen-bond acceptors (Lipinski definition) is 5. The van der Waals surface area contributed by atoms with Crippen molar-refractivity contribution in [3.05, 3.63) is 32.8 Å². The Hall–Kier alpha value is -1.65. The van der Waals surface area contributed by atoms with E-state index in [1.54, 1.807) is 19.1 Å². The van der Waals surface area contributed by atoms with E-state index >= 15 is 0 Å². The van der Waals surface area contributed by atoms with Crippen molar-refractivity contribution in [1.29, 1.82) is 5.26 Å². The molecule has 7 heteroatoms. The number of rotatable bonds is 8. The fourth-order valence-corrected chi connectivity index (χ4v) is 2.05. The highest BCUT2D eigenvalue weighted by atomic mass is 79.9. The first kappa shape index (κ1) is 17.4. The van der Waals surface area contributed by atoms with Crippen LogP contribution in [0.3, 0.4) is 0 Å². The normalized spacial score (nSPS) is 13.2. The molecular formula is C14H18BrN3O3. The molecule has 1 N–H and O–H groups in total. The van der Waals surface area contributed by atoms with E-state index in [9.17, 15) is 15.4 Å². The largest absolute Gasteiger partial charge is 0.487 e. The summed E-state index contributed by atoms with van der Waals surface area (Å²) in [6.45, 7) is 4.78. The summed E-state index contributed by atoms with van der Waals surface area (Å²) in [6.07, 6.45) is 1.37. The van der Waals surface area contributed by atoms with Gasteiger partial charge in [-0.25, -0.2) is 0 Å². The lowest BCUT2D eigenvalue weighted by atomic mass is 10.0. The minimum Gasteiger partial charge on any atom is -0.487 e. The van der Waals surface area contributed by atoms with Gasteiger partial charge in [0.1, 0.15) is 5.54 Å². The molecule has 0 aromatic heterocycles. The molecule has 0 heterocycles. The van der Waals surface area contributed by atoms with E-state index in [1.807, 2.05) is 6.92 Å². The van der Waals surface area contributed by atoms with E-state index in [0.29, 0.717) is 10.9 Å². The molecule has 0 radical (unpaired) electrons. The van der Waals surface area contributed by atoms with Crippen molar-refractivity contribution in [3.8, 4) is 11.8 Å². The number of nitriles is 1. The Kier molecular flexibility index (Phi) is 6.59. The lowest BCUT2D eigenvalue weighted by molar-refractivity contribution is -0.386. The second-order valence-corrected chi connectivity index (χ2v) is 5.75. The number of benzene rings is 1. The topological polar surface area (TPSA) is 88.2 Å². The summed E-state index contributed by atoms with van der Waals surface area (Å²) in [5.74, 6) is 0.207. The third-order valence-corrected chi connectivity index (χ3v) is 3.48. The van der Waals surface area contributed by atoms with Crippen LogP contribution in [0.15, 0.2) is 22.7 Å². The Morgan fingerprint density at radius 1 is 1.57 bits per heavy atom. The van der Waals surface area contributed by atoms with Gasteiger partial charge < -0.3 is 4.74 Å². The summed E-state index contributed by atoms with van der Waals surface area (Å²) in [5.41, 5.74) is -0.787. The van der Waals surface area contributed by atoms with Crippen LogP contribution in [0.2, 0.25) is 0 Å². The lowest BCUT2D eigenvalue weighted by Gasteiger charge is -2.23. The van der Waals surface area contributed by atoms with Crippen LogP contribution in [0.5, 0.6) is 5.75 Å². The highest BCUT2D eigenvalue weighted by molar-refractivity contribution is 9.10. The Balaban J connectivity index is 2.68. The quantitative estimate of drug-likeness (QED) is 0.570. The van der Waals surface area contributed by atoms with E-state index in [-0.39, 0.29) is 18.0 Å². The number of nitrogens with one attached hydrogen (secondary N) is 1. The molecule has 1 unspecified atom stereocenters. The van der Waals surface area contributed by atoms with Crippen molar-refractivity contribution in [1.82, 2.24) is 5.32 Å². The van der Waals surface area contributed by atoms with Gasteiger partial charge in [-0.3, -0.25) is 15.4 Å². The molecule has 0 aliphatic heterocycles. The minimum atomic E-state index is -0.694. The fourth-order valence-electron chi connectivity index (χ4n) is 1.71. The molecule has 1 aromatic carbocycles. The van der Waals surface area contributed by atoms with E-state index in [4.69, 9.17) is 4.74 Å². The number of nitro benzene ring substituents is 1. The first-order valence-electron chi connectivity index (χ1n) is 6.65. The van der Waals surface area contributed by atoms with Crippen molar-refractivity contribution in [2.45, 2.75) is 32.2 Å². The van der Waals surface area contributed by atoms with Crippen LogP contribution in [0.4, 0.5) is 5.69 Å². The summed E-state index contributed by atoms with van der Waals surface area (Å²) in [5, 5.41) is 23.3. The van der Waals surface area contributed by atoms with Gasteiger partial charge in [0.2, 0.25) is 0 Å². The van der Waals surface area contributed by atoms with Gasteiger partial charge in [0, 0.05) is 17.0 Å². The first-order chi connectivity index (χ1) is 9.91. The molecular weight excluding hydrogens is 338 g/mol. The van der Waals surface area contributed by atoms with E-state index in [1.165, 1.54) is 6.07 Å². The van der Waals surface area contributed by atoms with Crippen molar-refractivity contribution in [2.75, 3.05) is 13.2 Å². The van der Waals surface area contributed by atoms with Crippen LogP contribution in [0.25, 0.3) is 0 Å². The second-order valence-electron chi connectivity index (χ2n) is 4.84. The van der Waals surface area contributed by atoms with Crippen molar-refractivity contribution < 1.29 is 9.66 Å². The maximum Gasteiger partial charge on any atom is 0.312 e. The molecule has 0 amide bonds. The van der Waals surface area contributed by atoms with Crippen molar-refractivity contribution in [2.24, 2.45) is 0 Å². The fraction of sp³-hybridized carbons (Fsp3) is 0.500. The van der Waals surface area contributed by atoms with E-state index in [0.717, 1.165) is 13.0 Å². The van der Waals surface area contributed by atoms with Gasteiger partial charge in [0.05, 0.1) is 17.6 Å². The zero-order chi connectivity index (χ0) is 15.9. The van der Waals surface area contributed by atoms with Gasteiger partial charge in [-0.1, -0.05) is 22.9 Å². The summed E-state index contributed by atoms with van der Waals surface area (Å²) >= 11 is 3.19. The number of nitro groups is 1. The van der Waals surface area contributed by atoms with Crippen LogP contribution in [-0.2, 0) is 0 Å². The van der Waals surface area contributed by atoms with Gasteiger partial charge in [-0.15, -0.1) is 0 Å².